The van der Waals surface area contributed by atoms with E-state index in [9.17, 15) is 4.79 Å². The zero-order valence-corrected chi connectivity index (χ0v) is 17.6. The van der Waals surface area contributed by atoms with Gasteiger partial charge in [-0.2, -0.15) is 0 Å². The molecular weight excluding hydrogens is 390 g/mol. The molecule has 0 aliphatic heterocycles. The van der Waals surface area contributed by atoms with Crippen LogP contribution >= 0.6 is 0 Å². The second kappa shape index (κ2) is 12.2. The quantitative estimate of drug-likeness (QED) is 0.352. The highest BCUT2D eigenvalue weighted by Crippen LogP contribution is 2.24. The van der Waals surface area contributed by atoms with Crippen molar-refractivity contribution in [3.8, 4) is 5.75 Å². The Morgan fingerprint density at radius 2 is 1.61 bits per heavy atom. The number of hydrogen-bond acceptors (Lipinski definition) is 5. The van der Waals surface area contributed by atoms with Crippen LogP contribution in [0.1, 0.15) is 29.2 Å². The lowest BCUT2D eigenvalue weighted by molar-refractivity contribution is -0.142. The SMILES string of the molecule is COC(=O)COc1cccc(CCC=CNOC(c2ccccc2)c2ccccc2)c1. The molecule has 3 aromatic rings. The van der Waals surface area contributed by atoms with Crippen LogP contribution in [0.25, 0.3) is 0 Å². The summed E-state index contributed by atoms with van der Waals surface area (Å²) >= 11 is 0. The zero-order valence-electron chi connectivity index (χ0n) is 17.6. The molecular formula is C26H27NO4. The van der Waals surface area contributed by atoms with Gasteiger partial charge in [-0.3, -0.25) is 10.3 Å². The van der Waals surface area contributed by atoms with Crippen LogP contribution < -0.4 is 10.2 Å². The number of carbonyl (C=O) groups excluding carboxylic acids is 1. The summed E-state index contributed by atoms with van der Waals surface area (Å²) in [7, 11) is 1.34. The van der Waals surface area contributed by atoms with Crippen molar-refractivity contribution in [2.24, 2.45) is 0 Å². The molecule has 1 N–H and O–H groups in total. The van der Waals surface area contributed by atoms with Crippen LogP contribution in [-0.2, 0) is 20.8 Å². The molecule has 160 valence electrons. The predicted molar refractivity (Wildman–Crippen MR) is 120 cm³/mol. The predicted octanol–water partition coefficient (Wildman–Crippen LogP) is 5.00. The number of benzene rings is 3. The van der Waals surface area contributed by atoms with E-state index in [1.54, 1.807) is 0 Å². The number of allylic oxidation sites excluding steroid dienone is 1. The fourth-order valence-electron chi connectivity index (χ4n) is 3.06. The summed E-state index contributed by atoms with van der Waals surface area (Å²) in [5.41, 5.74) is 6.25. The zero-order chi connectivity index (χ0) is 21.7. The molecule has 31 heavy (non-hydrogen) atoms. The van der Waals surface area contributed by atoms with Crippen molar-refractivity contribution in [1.29, 1.82) is 0 Å². The Morgan fingerprint density at radius 3 is 2.26 bits per heavy atom. The van der Waals surface area contributed by atoms with E-state index in [2.05, 4.69) is 34.5 Å². The van der Waals surface area contributed by atoms with Gasteiger partial charge in [0.25, 0.3) is 0 Å². The summed E-state index contributed by atoms with van der Waals surface area (Å²) in [4.78, 5) is 17.1. The summed E-state index contributed by atoms with van der Waals surface area (Å²) < 4.78 is 10.0. The molecule has 0 spiro atoms. The Labute approximate surface area is 183 Å². The molecule has 3 rings (SSSR count). The Balaban J connectivity index is 1.49. The van der Waals surface area contributed by atoms with E-state index in [1.807, 2.05) is 72.9 Å². The van der Waals surface area contributed by atoms with Crippen LogP contribution in [0.15, 0.2) is 97.2 Å². The van der Waals surface area contributed by atoms with Crippen LogP contribution in [0, 0.1) is 0 Å². The molecule has 0 radical (unpaired) electrons. The Bertz CT molecular complexity index is 918. The molecule has 0 atom stereocenters. The van der Waals surface area contributed by atoms with Crippen molar-refractivity contribution in [3.05, 3.63) is 114 Å². The molecule has 0 heterocycles. The van der Waals surface area contributed by atoms with Gasteiger partial charge in [0.05, 0.1) is 7.11 Å². The van der Waals surface area contributed by atoms with Crippen molar-refractivity contribution in [2.45, 2.75) is 18.9 Å². The number of nitrogens with one attached hydrogen (secondary N) is 1. The van der Waals surface area contributed by atoms with Crippen molar-refractivity contribution < 1.29 is 19.1 Å². The largest absolute Gasteiger partial charge is 0.482 e. The minimum atomic E-state index is -0.399. The van der Waals surface area contributed by atoms with Crippen LogP contribution in [0.5, 0.6) is 5.75 Å². The van der Waals surface area contributed by atoms with Gasteiger partial charge in [0, 0.05) is 6.20 Å². The topological polar surface area (TPSA) is 56.8 Å². The minimum Gasteiger partial charge on any atom is -0.482 e. The smallest absolute Gasteiger partial charge is 0.343 e. The molecule has 5 nitrogen and oxygen atoms in total. The van der Waals surface area contributed by atoms with Crippen molar-refractivity contribution >= 4 is 5.97 Å². The highest BCUT2D eigenvalue weighted by Gasteiger charge is 2.14. The monoisotopic (exact) mass is 417 g/mol. The van der Waals surface area contributed by atoms with Gasteiger partial charge in [0.1, 0.15) is 11.9 Å². The molecule has 0 aliphatic carbocycles. The molecule has 0 saturated carbocycles. The summed E-state index contributed by atoms with van der Waals surface area (Å²) in [6, 6.07) is 27.9. The Hall–Kier alpha value is -3.57. The average molecular weight is 418 g/mol. The molecule has 0 saturated heterocycles. The second-order valence-corrected chi connectivity index (χ2v) is 6.89. The van der Waals surface area contributed by atoms with Gasteiger partial charge in [-0.15, -0.1) is 0 Å². The highest BCUT2D eigenvalue weighted by atomic mass is 16.7. The number of hydroxylamine groups is 1. The maximum Gasteiger partial charge on any atom is 0.343 e. The van der Waals surface area contributed by atoms with E-state index in [0.717, 1.165) is 29.5 Å². The first-order valence-corrected chi connectivity index (χ1v) is 10.2. The second-order valence-electron chi connectivity index (χ2n) is 6.89. The van der Waals surface area contributed by atoms with Crippen LogP contribution in [0.2, 0.25) is 0 Å². The number of carbonyl (C=O) groups is 1. The average Bonchev–Trinajstić information content (AvgIpc) is 2.83. The molecule has 0 bridgehead atoms. The van der Waals surface area contributed by atoms with Gasteiger partial charge in [-0.1, -0.05) is 78.9 Å². The molecule has 0 aromatic heterocycles. The lowest BCUT2D eigenvalue weighted by Crippen LogP contribution is -2.14. The first-order valence-electron chi connectivity index (χ1n) is 10.2. The number of esters is 1. The number of aryl methyl sites for hydroxylation is 1. The number of rotatable bonds is 11. The fourth-order valence-corrected chi connectivity index (χ4v) is 3.06. The standard InChI is InChI=1S/C26H27NO4/c1-29-25(28)20-30-24-17-10-12-21(19-24)11-8-9-18-27-31-26(22-13-4-2-5-14-22)23-15-6-3-7-16-23/h2-7,9-10,12-19,26-27H,8,11,20H2,1H3. The summed E-state index contributed by atoms with van der Waals surface area (Å²) in [5, 5.41) is 0. The van der Waals surface area contributed by atoms with E-state index in [-0.39, 0.29) is 12.7 Å². The number of hydrogen-bond donors (Lipinski definition) is 1. The number of methoxy groups -OCH3 is 1. The van der Waals surface area contributed by atoms with Gasteiger partial charge in [-0.05, 0) is 41.7 Å². The first kappa shape index (κ1) is 22.1. The van der Waals surface area contributed by atoms with E-state index in [4.69, 9.17) is 9.57 Å². The number of ether oxygens (including phenoxy) is 2. The van der Waals surface area contributed by atoms with Crippen LogP contribution in [0.4, 0.5) is 0 Å². The lowest BCUT2D eigenvalue weighted by atomic mass is 10.0. The third-order valence-corrected chi connectivity index (χ3v) is 4.66. The van der Waals surface area contributed by atoms with Gasteiger partial charge in [0.2, 0.25) is 0 Å². The van der Waals surface area contributed by atoms with Gasteiger partial charge in [0.15, 0.2) is 6.61 Å². The van der Waals surface area contributed by atoms with Gasteiger partial charge < -0.3 is 9.47 Å². The van der Waals surface area contributed by atoms with E-state index < -0.39 is 5.97 Å². The normalized spacial score (nSPS) is 10.9. The summed E-state index contributed by atoms with van der Waals surface area (Å²) in [5.74, 6) is 0.255. The van der Waals surface area contributed by atoms with Crippen LogP contribution in [-0.4, -0.2) is 19.7 Å². The van der Waals surface area contributed by atoms with Crippen molar-refractivity contribution in [1.82, 2.24) is 5.48 Å². The lowest BCUT2D eigenvalue weighted by Gasteiger charge is -2.18. The van der Waals surface area contributed by atoms with Crippen LogP contribution in [0.3, 0.4) is 0 Å². The van der Waals surface area contributed by atoms with Gasteiger partial charge >= 0.3 is 5.97 Å². The Morgan fingerprint density at radius 1 is 0.935 bits per heavy atom. The molecule has 3 aromatic carbocycles. The van der Waals surface area contributed by atoms with Crippen molar-refractivity contribution in [2.75, 3.05) is 13.7 Å². The molecule has 0 aliphatic rings. The maximum atomic E-state index is 11.2. The maximum absolute atomic E-state index is 11.2. The van der Waals surface area contributed by atoms with E-state index >= 15 is 0 Å². The van der Waals surface area contributed by atoms with Crippen molar-refractivity contribution in [3.63, 3.8) is 0 Å². The van der Waals surface area contributed by atoms with E-state index in [1.165, 1.54) is 7.11 Å². The molecule has 0 fully saturated rings. The minimum absolute atomic E-state index is 0.0922. The third kappa shape index (κ3) is 7.32. The Kier molecular flexibility index (Phi) is 8.71. The first-order chi connectivity index (χ1) is 15.3. The molecule has 0 unspecified atom stereocenters. The summed E-state index contributed by atoms with van der Waals surface area (Å²) in [6.07, 6.45) is 5.31. The third-order valence-electron chi connectivity index (χ3n) is 4.66. The summed E-state index contributed by atoms with van der Waals surface area (Å²) in [6.45, 7) is -0.0922. The molecule has 0 amide bonds. The van der Waals surface area contributed by atoms with Gasteiger partial charge in [-0.25, -0.2) is 4.79 Å². The molecule has 5 heteroatoms. The highest BCUT2D eigenvalue weighted by molar-refractivity contribution is 5.70. The van der Waals surface area contributed by atoms with E-state index in [0.29, 0.717) is 5.75 Å². The fraction of sp³-hybridized carbons (Fsp3) is 0.192.